The number of ether oxygens (including phenoxy) is 1. The molecule has 0 bridgehead atoms. The molecule has 0 rings (SSSR count). The second kappa shape index (κ2) is 3.28. The molecule has 0 N–H and O–H groups in total. The Morgan fingerprint density at radius 3 is 2.22 bits per heavy atom. The zero-order chi connectivity index (χ0) is 7.44. The van der Waals surface area contributed by atoms with Crippen LogP contribution in [-0.2, 0) is 9.53 Å². The van der Waals surface area contributed by atoms with Gasteiger partial charge in [0.25, 0.3) is 0 Å². The summed E-state index contributed by atoms with van der Waals surface area (Å²) in [6, 6.07) is 0. The minimum absolute atomic E-state index is 0.171. The molecule has 0 spiro atoms. The van der Waals surface area contributed by atoms with Crippen LogP contribution < -0.4 is 0 Å². The van der Waals surface area contributed by atoms with Gasteiger partial charge in [-0.3, -0.25) is 4.79 Å². The number of hydrogen-bond acceptors (Lipinski definition) is 2. The Morgan fingerprint density at radius 2 is 2.11 bits per heavy atom. The first-order valence-electron chi connectivity index (χ1n) is 2.82. The topological polar surface area (TPSA) is 26.3 Å². The normalized spacial score (nSPS) is 12.3. The van der Waals surface area contributed by atoms with Crippen molar-refractivity contribution >= 4 is 5.97 Å². The molecular weight excluding hydrogens is 116 g/mol. The zero-order valence-electron chi connectivity index (χ0n) is 6.10. The first kappa shape index (κ1) is 8.21. The Balaban J connectivity index is 3.88. The van der Waals surface area contributed by atoms with Crippen LogP contribution in [0.4, 0.5) is 0 Å². The average molecular weight is 128 g/mol. The number of methoxy groups -OCH3 is 1. The minimum atomic E-state index is -0.220. The van der Waals surface area contributed by atoms with Gasteiger partial charge in [-0.1, -0.05) is 12.2 Å². The van der Waals surface area contributed by atoms with E-state index in [0.717, 1.165) is 5.57 Å². The van der Waals surface area contributed by atoms with Gasteiger partial charge in [-0.25, -0.2) is 0 Å². The van der Waals surface area contributed by atoms with Crippen LogP contribution in [0.2, 0.25) is 0 Å². The van der Waals surface area contributed by atoms with E-state index >= 15 is 0 Å². The van der Waals surface area contributed by atoms with Crippen molar-refractivity contribution in [2.45, 2.75) is 13.8 Å². The third-order valence-corrected chi connectivity index (χ3v) is 1.29. The Bertz CT molecular complexity index is 127. The van der Waals surface area contributed by atoms with Crippen LogP contribution in [0.5, 0.6) is 0 Å². The second-order valence-corrected chi connectivity index (χ2v) is 2.09. The van der Waals surface area contributed by atoms with Crippen molar-refractivity contribution in [2.24, 2.45) is 5.92 Å². The highest BCUT2D eigenvalue weighted by molar-refractivity contribution is 5.74. The van der Waals surface area contributed by atoms with E-state index in [1.807, 2.05) is 6.92 Å². The van der Waals surface area contributed by atoms with Crippen LogP contribution in [0.25, 0.3) is 0 Å². The lowest BCUT2D eigenvalue weighted by Crippen LogP contribution is -2.12. The molecule has 0 fully saturated rings. The van der Waals surface area contributed by atoms with Gasteiger partial charge >= 0.3 is 5.97 Å². The Kier molecular flexibility index (Phi) is 2.99. The molecule has 0 saturated carbocycles. The van der Waals surface area contributed by atoms with E-state index in [9.17, 15) is 4.79 Å². The molecule has 0 amide bonds. The summed E-state index contributed by atoms with van der Waals surface area (Å²) < 4.78 is 4.47. The van der Waals surface area contributed by atoms with Crippen LogP contribution >= 0.6 is 0 Å². The van der Waals surface area contributed by atoms with Crippen LogP contribution in [0.1, 0.15) is 13.8 Å². The monoisotopic (exact) mass is 128 g/mol. The summed E-state index contributed by atoms with van der Waals surface area (Å²) in [7, 11) is 1.38. The molecule has 0 aliphatic rings. The molecule has 0 aliphatic heterocycles. The lowest BCUT2D eigenvalue weighted by molar-refractivity contribution is -0.143. The van der Waals surface area contributed by atoms with E-state index in [2.05, 4.69) is 11.3 Å². The van der Waals surface area contributed by atoms with Crippen LogP contribution in [0.3, 0.4) is 0 Å². The first-order chi connectivity index (χ1) is 4.09. The van der Waals surface area contributed by atoms with E-state index in [1.54, 1.807) is 6.92 Å². The first-order valence-corrected chi connectivity index (χ1v) is 2.82. The Hall–Kier alpha value is -0.790. The fourth-order valence-electron chi connectivity index (χ4n) is 0.378. The molecule has 0 radical (unpaired) electrons. The third-order valence-electron chi connectivity index (χ3n) is 1.29. The van der Waals surface area contributed by atoms with Crippen LogP contribution in [0, 0.1) is 5.92 Å². The van der Waals surface area contributed by atoms with E-state index in [1.165, 1.54) is 7.11 Å². The molecular formula is C7H12O2. The van der Waals surface area contributed by atoms with E-state index < -0.39 is 0 Å². The maximum Gasteiger partial charge on any atom is 0.312 e. The molecule has 0 aromatic carbocycles. The lowest BCUT2D eigenvalue weighted by Gasteiger charge is -2.06. The zero-order valence-corrected chi connectivity index (χ0v) is 6.10. The highest BCUT2D eigenvalue weighted by Crippen LogP contribution is 2.07. The van der Waals surface area contributed by atoms with Gasteiger partial charge in [0.2, 0.25) is 0 Å². The van der Waals surface area contributed by atoms with E-state index in [0.29, 0.717) is 0 Å². The van der Waals surface area contributed by atoms with Gasteiger partial charge in [-0.2, -0.15) is 0 Å². The fraction of sp³-hybridized carbons (Fsp3) is 0.571. The molecule has 0 aromatic heterocycles. The summed E-state index contributed by atoms with van der Waals surface area (Å²) >= 11 is 0. The third kappa shape index (κ3) is 2.31. The van der Waals surface area contributed by atoms with Gasteiger partial charge < -0.3 is 4.74 Å². The molecule has 2 heteroatoms. The molecule has 0 saturated heterocycles. The van der Waals surface area contributed by atoms with Gasteiger partial charge in [-0.05, 0) is 13.8 Å². The number of carbonyl (C=O) groups is 1. The van der Waals surface area contributed by atoms with Crippen LogP contribution in [-0.4, -0.2) is 13.1 Å². The van der Waals surface area contributed by atoms with Gasteiger partial charge in [0, 0.05) is 0 Å². The molecule has 9 heavy (non-hydrogen) atoms. The highest BCUT2D eigenvalue weighted by atomic mass is 16.5. The largest absolute Gasteiger partial charge is 0.469 e. The molecule has 0 heterocycles. The van der Waals surface area contributed by atoms with Crippen molar-refractivity contribution in [3.05, 3.63) is 12.2 Å². The summed E-state index contributed by atoms with van der Waals surface area (Å²) in [5, 5.41) is 0. The molecule has 52 valence electrons. The van der Waals surface area contributed by atoms with Crippen molar-refractivity contribution < 1.29 is 9.53 Å². The quantitative estimate of drug-likeness (QED) is 0.414. The number of hydrogen-bond donors (Lipinski definition) is 0. The summed E-state index contributed by atoms with van der Waals surface area (Å²) in [4.78, 5) is 10.7. The van der Waals surface area contributed by atoms with Gasteiger partial charge in [0.05, 0.1) is 13.0 Å². The van der Waals surface area contributed by atoms with E-state index in [-0.39, 0.29) is 11.9 Å². The van der Waals surface area contributed by atoms with Crippen LogP contribution in [0.15, 0.2) is 12.2 Å². The summed E-state index contributed by atoms with van der Waals surface area (Å²) in [6.07, 6.45) is 0. The lowest BCUT2D eigenvalue weighted by atomic mass is 10.1. The summed E-state index contributed by atoms with van der Waals surface area (Å²) in [6.45, 7) is 7.20. The van der Waals surface area contributed by atoms with Gasteiger partial charge in [0.15, 0.2) is 0 Å². The van der Waals surface area contributed by atoms with Crippen molar-refractivity contribution in [3.63, 3.8) is 0 Å². The van der Waals surface area contributed by atoms with E-state index in [4.69, 9.17) is 0 Å². The van der Waals surface area contributed by atoms with Crippen molar-refractivity contribution in [1.29, 1.82) is 0 Å². The Labute approximate surface area is 55.5 Å². The predicted octanol–water partition coefficient (Wildman–Crippen LogP) is 1.37. The molecule has 0 aliphatic carbocycles. The van der Waals surface area contributed by atoms with Gasteiger partial charge in [0.1, 0.15) is 0 Å². The Morgan fingerprint density at radius 1 is 1.67 bits per heavy atom. The number of rotatable bonds is 2. The molecule has 1 atom stereocenters. The standard InChI is InChI=1S/C7H12O2/c1-5(2)6(3)7(8)9-4/h6H,1H2,2-4H3. The maximum atomic E-state index is 10.7. The van der Waals surface area contributed by atoms with Crippen molar-refractivity contribution in [2.75, 3.05) is 7.11 Å². The number of carbonyl (C=O) groups excluding carboxylic acids is 1. The minimum Gasteiger partial charge on any atom is -0.469 e. The second-order valence-electron chi connectivity index (χ2n) is 2.09. The molecule has 1 unspecified atom stereocenters. The highest BCUT2D eigenvalue weighted by Gasteiger charge is 2.12. The van der Waals surface area contributed by atoms with Crippen molar-refractivity contribution in [3.8, 4) is 0 Å². The SMILES string of the molecule is C=C(C)C(C)C(=O)OC. The molecule has 2 nitrogen and oxygen atoms in total. The smallest absolute Gasteiger partial charge is 0.312 e. The maximum absolute atomic E-state index is 10.7. The van der Waals surface area contributed by atoms with Crippen molar-refractivity contribution in [1.82, 2.24) is 0 Å². The van der Waals surface area contributed by atoms with Gasteiger partial charge in [-0.15, -0.1) is 0 Å². The summed E-state index contributed by atoms with van der Waals surface area (Å²) in [5.74, 6) is -0.391. The fourth-order valence-corrected chi connectivity index (χ4v) is 0.378. The summed E-state index contributed by atoms with van der Waals surface area (Å²) in [5.41, 5.74) is 0.835. The predicted molar refractivity (Wildman–Crippen MR) is 36.0 cm³/mol. The average Bonchev–Trinajstić information content (AvgIpc) is 1.84. The molecule has 0 aromatic rings. The number of esters is 1.